The van der Waals surface area contributed by atoms with Gasteiger partial charge in [-0.3, -0.25) is 9.69 Å². The lowest BCUT2D eigenvalue weighted by Gasteiger charge is -2.17. The number of hydrogen-bond acceptors (Lipinski definition) is 2. The quantitative estimate of drug-likeness (QED) is 0.811. The Morgan fingerprint density at radius 3 is 2.62 bits per heavy atom. The zero-order valence-corrected chi connectivity index (χ0v) is 12.4. The van der Waals surface area contributed by atoms with Crippen LogP contribution in [0.1, 0.15) is 17.7 Å². The van der Waals surface area contributed by atoms with Crippen LogP contribution in [0.25, 0.3) is 5.69 Å². The first-order valence-corrected chi connectivity index (χ1v) is 7.15. The summed E-state index contributed by atoms with van der Waals surface area (Å²) in [5.74, 6) is 1.19. The molecule has 1 aliphatic heterocycles. The molecule has 1 aromatic heterocycles. The standard InChI is InChI=1S/C17H19N3O/c1-4-14-10-17(21)19(11-14)16-9-13(3)18-20(16)15-7-5-12(2)6-8-15/h4-9,14H,1,10-11H2,2-3H3. The van der Waals surface area contributed by atoms with Crippen molar-refractivity contribution in [2.45, 2.75) is 20.3 Å². The molecule has 1 atom stereocenters. The number of benzene rings is 1. The summed E-state index contributed by atoms with van der Waals surface area (Å²) in [5.41, 5.74) is 3.08. The molecule has 0 bridgehead atoms. The number of aryl methyl sites for hydroxylation is 2. The smallest absolute Gasteiger partial charge is 0.228 e. The van der Waals surface area contributed by atoms with Gasteiger partial charge >= 0.3 is 0 Å². The van der Waals surface area contributed by atoms with E-state index < -0.39 is 0 Å². The Labute approximate surface area is 124 Å². The summed E-state index contributed by atoms with van der Waals surface area (Å²) in [6.45, 7) is 8.48. The summed E-state index contributed by atoms with van der Waals surface area (Å²) in [6, 6.07) is 10.1. The first-order chi connectivity index (χ1) is 10.1. The highest BCUT2D eigenvalue weighted by Crippen LogP contribution is 2.28. The maximum atomic E-state index is 12.2. The number of rotatable bonds is 3. The van der Waals surface area contributed by atoms with Crippen molar-refractivity contribution >= 4 is 11.7 Å². The Morgan fingerprint density at radius 2 is 2.00 bits per heavy atom. The Balaban J connectivity index is 2.02. The zero-order valence-electron chi connectivity index (χ0n) is 12.4. The lowest BCUT2D eigenvalue weighted by Crippen LogP contribution is -2.26. The van der Waals surface area contributed by atoms with Crippen LogP contribution in [-0.4, -0.2) is 22.2 Å². The average molecular weight is 281 g/mol. The van der Waals surface area contributed by atoms with E-state index in [4.69, 9.17) is 0 Å². The van der Waals surface area contributed by atoms with Crippen molar-refractivity contribution < 1.29 is 4.79 Å². The number of anilines is 1. The zero-order chi connectivity index (χ0) is 15.0. The maximum absolute atomic E-state index is 12.2. The topological polar surface area (TPSA) is 38.1 Å². The lowest BCUT2D eigenvalue weighted by atomic mass is 10.1. The second kappa shape index (κ2) is 5.20. The van der Waals surface area contributed by atoms with Crippen LogP contribution in [-0.2, 0) is 4.79 Å². The van der Waals surface area contributed by atoms with E-state index in [0.717, 1.165) is 17.2 Å². The SMILES string of the molecule is C=CC1CC(=O)N(c2cc(C)nn2-c2ccc(C)cc2)C1. The Kier molecular flexibility index (Phi) is 3.37. The first-order valence-electron chi connectivity index (χ1n) is 7.15. The van der Waals surface area contributed by atoms with Crippen LogP contribution in [0.4, 0.5) is 5.82 Å². The minimum Gasteiger partial charge on any atom is -0.296 e. The molecule has 0 N–H and O–H groups in total. The molecular weight excluding hydrogens is 262 g/mol. The predicted molar refractivity (Wildman–Crippen MR) is 83.7 cm³/mol. The molecule has 0 aliphatic carbocycles. The summed E-state index contributed by atoms with van der Waals surface area (Å²) >= 11 is 0. The Morgan fingerprint density at radius 1 is 1.29 bits per heavy atom. The van der Waals surface area contributed by atoms with Crippen molar-refractivity contribution in [1.82, 2.24) is 9.78 Å². The molecule has 1 saturated heterocycles. The van der Waals surface area contributed by atoms with Crippen LogP contribution in [0.5, 0.6) is 0 Å². The maximum Gasteiger partial charge on any atom is 0.228 e. The molecule has 0 radical (unpaired) electrons. The molecule has 1 unspecified atom stereocenters. The fourth-order valence-corrected chi connectivity index (χ4v) is 2.67. The molecule has 1 aliphatic rings. The van der Waals surface area contributed by atoms with Crippen molar-refractivity contribution in [3.8, 4) is 5.69 Å². The molecule has 3 rings (SSSR count). The van der Waals surface area contributed by atoms with Gasteiger partial charge in [0, 0.05) is 24.9 Å². The number of aromatic nitrogens is 2. The molecule has 1 aromatic carbocycles. The third-order valence-corrected chi connectivity index (χ3v) is 3.86. The molecule has 2 aromatic rings. The van der Waals surface area contributed by atoms with Crippen LogP contribution in [0.2, 0.25) is 0 Å². The van der Waals surface area contributed by atoms with E-state index in [1.807, 2.05) is 40.8 Å². The van der Waals surface area contributed by atoms with Gasteiger partial charge in [-0.2, -0.15) is 5.10 Å². The van der Waals surface area contributed by atoms with Crippen LogP contribution in [0.3, 0.4) is 0 Å². The van der Waals surface area contributed by atoms with Gasteiger partial charge in [0.25, 0.3) is 0 Å². The monoisotopic (exact) mass is 281 g/mol. The number of hydrogen-bond donors (Lipinski definition) is 0. The highest BCUT2D eigenvalue weighted by atomic mass is 16.2. The Bertz CT molecular complexity index is 685. The van der Waals surface area contributed by atoms with Crippen LogP contribution in [0.15, 0.2) is 43.0 Å². The van der Waals surface area contributed by atoms with E-state index in [2.05, 4.69) is 30.7 Å². The summed E-state index contributed by atoms with van der Waals surface area (Å²) < 4.78 is 1.85. The van der Waals surface area contributed by atoms with Crippen LogP contribution < -0.4 is 4.90 Å². The second-order valence-electron chi connectivity index (χ2n) is 5.60. The van der Waals surface area contributed by atoms with Crippen molar-refractivity contribution in [3.63, 3.8) is 0 Å². The van der Waals surface area contributed by atoms with E-state index >= 15 is 0 Å². The molecule has 0 saturated carbocycles. The van der Waals surface area contributed by atoms with E-state index in [9.17, 15) is 4.79 Å². The van der Waals surface area contributed by atoms with Gasteiger partial charge in [-0.25, -0.2) is 4.68 Å². The van der Waals surface area contributed by atoms with E-state index in [0.29, 0.717) is 13.0 Å². The second-order valence-corrected chi connectivity index (χ2v) is 5.60. The number of amides is 1. The van der Waals surface area contributed by atoms with E-state index in [1.54, 1.807) is 0 Å². The van der Waals surface area contributed by atoms with Gasteiger partial charge in [0.2, 0.25) is 5.91 Å². The minimum atomic E-state index is 0.133. The Hall–Kier alpha value is -2.36. The number of carbonyl (C=O) groups excluding carboxylic acids is 1. The molecule has 108 valence electrons. The molecule has 4 nitrogen and oxygen atoms in total. The summed E-state index contributed by atoms with van der Waals surface area (Å²) in [4.78, 5) is 14.0. The average Bonchev–Trinajstić information content (AvgIpc) is 3.02. The van der Waals surface area contributed by atoms with Gasteiger partial charge in [0.1, 0.15) is 5.82 Å². The van der Waals surface area contributed by atoms with Crippen LogP contribution in [0, 0.1) is 19.8 Å². The number of carbonyl (C=O) groups is 1. The fraction of sp³-hybridized carbons (Fsp3) is 0.294. The van der Waals surface area contributed by atoms with Crippen molar-refractivity contribution in [2.24, 2.45) is 5.92 Å². The van der Waals surface area contributed by atoms with Gasteiger partial charge in [0.05, 0.1) is 11.4 Å². The molecule has 21 heavy (non-hydrogen) atoms. The van der Waals surface area contributed by atoms with Crippen molar-refractivity contribution in [1.29, 1.82) is 0 Å². The molecule has 0 spiro atoms. The summed E-state index contributed by atoms with van der Waals surface area (Å²) in [6.07, 6.45) is 2.39. The third kappa shape index (κ3) is 2.49. The minimum absolute atomic E-state index is 0.133. The number of nitrogens with zero attached hydrogens (tertiary/aromatic N) is 3. The molecular formula is C17H19N3O. The molecule has 1 amide bonds. The van der Waals surface area contributed by atoms with E-state index in [1.165, 1.54) is 5.56 Å². The van der Waals surface area contributed by atoms with Gasteiger partial charge in [0.15, 0.2) is 0 Å². The molecule has 4 heteroatoms. The van der Waals surface area contributed by atoms with Gasteiger partial charge in [-0.1, -0.05) is 23.8 Å². The van der Waals surface area contributed by atoms with Crippen molar-refractivity contribution in [2.75, 3.05) is 11.4 Å². The fourth-order valence-electron chi connectivity index (χ4n) is 2.67. The highest BCUT2D eigenvalue weighted by molar-refractivity contribution is 5.95. The third-order valence-electron chi connectivity index (χ3n) is 3.86. The predicted octanol–water partition coefficient (Wildman–Crippen LogP) is 3.03. The molecule has 1 fully saturated rings. The summed E-state index contributed by atoms with van der Waals surface area (Å²) in [5, 5.41) is 4.54. The van der Waals surface area contributed by atoms with Crippen LogP contribution >= 0.6 is 0 Å². The molecule has 2 heterocycles. The van der Waals surface area contributed by atoms with Gasteiger partial charge in [-0.05, 0) is 26.0 Å². The van der Waals surface area contributed by atoms with Gasteiger partial charge in [-0.15, -0.1) is 6.58 Å². The van der Waals surface area contributed by atoms with Crippen molar-refractivity contribution in [3.05, 3.63) is 54.2 Å². The normalized spacial score (nSPS) is 18.3. The first kappa shape index (κ1) is 13.6. The van der Waals surface area contributed by atoms with Gasteiger partial charge < -0.3 is 0 Å². The van der Waals surface area contributed by atoms with E-state index in [-0.39, 0.29) is 11.8 Å². The summed E-state index contributed by atoms with van der Waals surface area (Å²) in [7, 11) is 0. The largest absolute Gasteiger partial charge is 0.296 e. The highest BCUT2D eigenvalue weighted by Gasteiger charge is 2.31. The lowest BCUT2D eigenvalue weighted by molar-refractivity contribution is -0.117.